The summed E-state index contributed by atoms with van der Waals surface area (Å²) in [6, 6.07) is 11.7. The molecule has 0 unspecified atom stereocenters. The zero-order valence-electron chi connectivity index (χ0n) is 10.5. The third-order valence-corrected chi connectivity index (χ3v) is 4.34. The molecule has 21 heavy (non-hydrogen) atoms. The smallest absolute Gasteiger partial charge is 0.293 e. The maximum Gasteiger partial charge on any atom is 0.293 e. The molecule has 0 saturated carbocycles. The molecule has 7 nitrogen and oxygen atoms in total. The molecule has 2 N–H and O–H groups in total. The fraction of sp³-hybridized carbons (Fsp3) is 0. The fourth-order valence-electron chi connectivity index (χ4n) is 1.53. The third kappa shape index (κ3) is 3.78. The second-order valence-electron chi connectivity index (χ2n) is 3.96. The second-order valence-corrected chi connectivity index (χ2v) is 6.56. The zero-order chi connectivity index (χ0) is 15.5. The van der Waals surface area contributed by atoms with E-state index in [0.717, 1.165) is 4.47 Å². The average molecular weight is 372 g/mol. The molecule has 0 aliphatic rings. The van der Waals surface area contributed by atoms with Crippen LogP contribution in [0.15, 0.2) is 57.9 Å². The van der Waals surface area contributed by atoms with Crippen LogP contribution in [0.4, 0.5) is 11.4 Å². The van der Waals surface area contributed by atoms with E-state index in [0.29, 0.717) is 0 Å². The van der Waals surface area contributed by atoms with Crippen molar-refractivity contribution in [2.75, 3.05) is 5.43 Å². The number of nitro groups is 1. The number of nitro benzene ring substituents is 1. The van der Waals surface area contributed by atoms with E-state index >= 15 is 0 Å². The normalized spacial score (nSPS) is 11.1. The van der Waals surface area contributed by atoms with Crippen LogP contribution in [0, 0.1) is 10.1 Å². The Labute approximate surface area is 129 Å². The van der Waals surface area contributed by atoms with Crippen LogP contribution in [0.2, 0.25) is 0 Å². The number of anilines is 1. The van der Waals surface area contributed by atoms with Gasteiger partial charge in [-0.1, -0.05) is 28.1 Å². The van der Waals surface area contributed by atoms with Gasteiger partial charge in [-0.2, -0.15) is 0 Å². The van der Waals surface area contributed by atoms with Crippen LogP contribution >= 0.6 is 15.9 Å². The van der Waals surface area contributed by atoms with Gasteiger partial charge in [0, 0.05) is 10.5 Å². The monoisotopic (exact) mass is 371 g/mol. The first-order valence-corrected chi connectivity index (χ1v) is 7.94. The summed E-state index contributed by atoms with van der Waals surface area (Å²) < 4.78 is 24.8. The minimum absolute atomic E-state index is 0.0387. The van der Waals surface area contributed by atoms with Crippen LogP contribution in [0.1, 0.15) is 0 Å². The first-order valence-electron chi connectivity index (χ1n) is 5.67. The van der Waals surface area contributed by atoms with Gasteiger partial charge in [0.1, 0.15) is 5.69 Å². The first kappa shape index (κ1) is 15.4. The van der Waals surface area contributed by atoms with E-state index < -0.39 is 14.9 Å². The predicted octanol–water partition coefficient (Wildman–Crippen LogP) is 2.66. The Bertz CT molecular complexity index is 762. The van der Waals surface area contributed by atoms with Crippen molar-refractivity contribution < 1.29 is 13.3 Å². The number of para-hydroxylation sites is 2. The standard InChI is InChI=1S/C12H10BrN3O4S/c13-9-5-7-10(8-6-9)21(19,20)15-14-11-3-1-2-4-12(11)16(17)18/h1-8,14-15H. The van der Waals surface area contributed by atoms with Crippen molar-refractivity contribution in [3.05, 3.63) is 63.1 Å². The first-order chi connectivity index (χ1) is 9.90. The van der Waals surface area contributed by atoms with Gasteiger partial charge in [-0.3, -0.25) is 10.1 Å². The quantitative estimate of drug-likeness (QED) is 0.621. The molecule has 0 aromatic heterocycles. The number of nitrogens with one attached hydrogen (secondary N) is 2. The summed E-state index contributed by atoms with van der Waals surface area (Å²) >= 11 is 3.21. The number of sulfonamides is 1. The summed E-state index contributed by atoms with van der Waals surface area (Å²) in [4.78, 5) is 12.4. The number of hydrogen-bond acceptors (Lipinski definition) is 5. The fourth-order valence-corrected chi connectivity index (χ4v) is 2.65. The van der Waals surface area contributed by atoms with Crippen molar-refractivity contribution in [1.82, 2.24) is 4.83 Å². The van der Waals surface area contributed by atoms with Gasteiger partial charge in [-0.05, 0) is 30.3 Å². The molecule has 0 atom stereocenters. The molecule has 0 aliphatic heterocycles. The Balaban J connectivity index is 2.19. The van der Waals surface area contributed by atoms with Crippen LogP contribution in [0.25, 0.3) is 0 Å². The molecule has 2 aromatic carbocycles. The van der Waals surface area contributed by atoms with Crippen LogP contribution in [0.3, 0.4) is 0 Å². The van der Waals surface area contributed by atoms with Crippen LogP contribution in [-0.2, 0) is 10.0 Å². The highest BCUT2D eigenvalue weighted by Gasteiger charge is 2.17. The van der Waals surface area contributed by atoms with Crippen molar-refractivity contribution in [1.29, 1.82) is 0 Å². The van der Waals surface area contributed by atoms with Crippen LogP contribution in [-0.4, -0.2) is 13.3 Å². The Morgan fingerprint density at radius 1 is 1.05 bits per heavy atom. The molecule has 0 spiro atoms. The van der Waals surface area contributed by atoms with Gasteiger partial charge in [0.25, 0.3) is 15.7 Å². The molecule has 2 aromatic rings. The Morgan fingerprint density at radius 2 is 1.67 bits per heavy atom. The van der Waals surface area contributed by atoms with Gasteiger partial charge in [-0.25, -0.2) is 8.42 Å². The van der Waals surface area contributed by atoms with E-state index in [2.05, 4.69) is 26.2 Å². The minimum atomic E-state index is -3.82. The molecule has 0 aliphatic carbocycles. The van der Waals surface area contributed by atoms with Gasteiger partial charge in [0.15, 0.2) is 0 Å². The molecule has 9 heteroatoms. The van der Waals surface area contributed by atoms with E-state index in [9.17, 15) is 18.5 Å². The lowest BCUT2D eigenvalue weighted by Crippen LogP contribution is -2.29. The van der Waals surface area contributed by atoms with E-state index in [4.69, 9.17) is 0 Å². The molecule has 0 heterocycles. The van der Waals surface area contributed by atoms with E-state index in [1.807, 2.05) is 0 Å². The Hall–Kier alpha value is -1.97. The van der Waals surface area contributed by atoms with Gasteiger partial charge < -0.3 is 5.43 Å². The highest BCUT2D eigenvalue weighted by Crippen LogP contribution is 2.23. The Kier molecular flexibility index (Phi) is 4.56. The second kappa shape index (κ2) is 6.20. The minimum Gasteiger partial charge on any atom is -0.302 e. The highest BCUT2D eigenvalue weighted by atomic mass is 79.9. The van der Waals surface area contributed by atoms with Gasteiger partial charge in [-0.15, -0.1) is 4.83 Å². The summed E-state index contributed by atoms with van der Waals surface area (Å²) in [7, 11) is -3.82. The largest absolute Gasteiger partial charge is 0.302 e. The van der Waals surface area contributed by atoms with Crippen molar-refractivity contribution >= 4 is 37.3 Å². The Morgan fingerprint density at radius 3 is 2.29 bits per heavy atom. The number of hydrogen-bond donors (Lipinski definition) is 2. The molecule has 0 saturated heterocycles. The van der Waals surface area contributed by atoms with Gasteiger partial charge in [0.05, 0.1) is 9.82 Å². The zero-order valence-corrected chi connectivity index (χ0v) is 12.9. The summed E-state index contributed by atoms with van der Waals surface area (Å²) in [5, 5.41) is 10.8. The lowest BCUT2D eigenvalue weighted by atomic mass is 10.3. The third-order valence-electron chi connectivity index (χ3n) is 2.54. The molecule has 0 radical (unpaired) electrons. The highest BCUT2D eigenvalue weighted by molar-refractivity contribution is 9.10. The molecule has 110 valence electrons. The lowest BCUT2D eigenvalue weighted by molar-refractivity contribution is -0.384. The average Bonchev–Trinajstić information content (AvgIpc) is 2.46. The van der Waals surface area contributed by atoms with Gasteiger partial charge in [0.2, 0.25) is 0 Å². The number of rotatable bonds is 5. The van der Waals surface area contributed by atoms with E-state index in [-0.39, 0.29) is 16.3 Å². The molecular formula is C12H10BrN3O4S. The number of hydrazine groups is 1. The van der Waals surface area contributed by atoms with E-state index in [1.165, 1.54) is 30.3 Å². The predicted molar refractivity (Wildman–Crippen MR) is 81.2 cm³/mol. The van der Waals surface area contributed by atoms with Crippen molar-refractivity contribution in [3.63, 3.8) is 0 Å². The maximum absolute atomic E-state index is 12.0. The molecular weight excluding hydrogens is 362 g/mol. The SMILES string of the molecule is O=[N+]([O-])c1ccccc1NNS(=O)(=O)c1ccc(Br)cc1. The topological polar surface area (TPSA) is 101 Å². The molecule has 0 fully saturated rings. The number of halogens is 1. The number of nitrogens with zero attached hydrogens (tertiary/aromatic N) is 1. The van der Waals surface area contributed by atoms with Gasteiger partial charge >= 0.3 is 0 Å². The molecule has 0 amide bonds. The summed E-state index contributed by atoms with van der Waals surface area (Å²) in [6.07, 6.45) is 0. The van der Waals surface area contributed by atoms with Crippen molar-refractivity contribution in [2.45, 2.75) is 4.90 Å². The lowest BCUT2D eigenvalue weighted by Gasteiger charge is -2.09. The van der Waals surface area contributed by atoms with Crippen molar-refractivity contribution in [3.8, 4) is 0 Å². The summed E-state index contributed by atoms with van der Waals surface area (Å²) in [5.74, 6) is 0. The summed E-state index contributed by atoms with van der Waals surface area (Å²) in [6.45, 7) is 0. The molecule has 0 bridgehead atoms. The molecule has 2 rings (SSSR count). The number of benzene rings is 2. The van der Waals surface area contributed by atoms with Crippen LogP contribution in [0.5, 0.6) is 0 Å². The maximum atomic E-state index is 12.0. The van der Waals surface area contributed by atoms with Crippen molar-refractivity contribution in [2.24, 2.45) is 0 Å². The van der Waals surface area contributed by atoms with E-state index in [1.54, 1.807) is 18.2 Å². The summed E-state index contributed by atoms with van der Waals surface area (Å²) in [5.41, 5.74) is 2.19. The van der Waals surface area contributed by atoms with Crippen LogP contribution < -0.4 is 10.3 Å².